The summed E-state index contributed by atoms with van der Waals surface area (Å²) in [4.78, 5) is 3.94. The van der Waals surface area contributed by atoms with E-state index in [1.807, 2.05) is 13.8 Å². The number of aromatic nitrogens is 3. The second kappa shape index (κ2) is 5.67. The third-order valence-corrected chi connectivity index (χ3v) is 2.86. The predicted octanol–water partition coefficient (Wildman–Crippen LogP) is 1.55. The molecule has 0 unspecified atom stereocenters. The zero-order chi connectivity index (χ0) is 13.0. The lowest BCUT2D eigenvalue weighted by molar-refractivity contribution is 0.245. The fourth-order valence-electron chi connectivity index (χ4n) is 1.35. The van der Waals surface area contributed by atoms with E-state index >= 15 is 0 Å². The fourth-order valence-corrected chi connectivity index (χ4v) is 2.02. The van der Waals surface area contributed by atoms with Crippen molar-refractivity contribution in [2.24, 2.45) is 0 Å². The van der Waals surface area contributed by atoms with Crippen LogP contribution in [0.2, 0.25) is 0 Å². The summed E-state index contributed by atoms with van der Waals surface area (Å²) in [5, 5.41) is 7.56. The summed E-state index contributed by atoms with van der Waals surface area (Å²) in [6.07, 6.45) is 2.08. The van der Waals surface area contributed by atoms with Crippen LogP contribution in [-0.2, 0) is 6.42 Å². The molecule has 2 aromatic heterocycles. The van der Waals surface area contributed by atoms with E-state index in [1.165, 1.54) is 17.9 Å². The largest absolute Gasteiger partial charge is 0.484 e. The number of hydrogen-bond acceptors (Lipinski definition) is 8. The molecule has 0 amide bonds. The average Bonchev–Trinajstić information content (AvgIpc) is 2.93. The minimum atomic E-state index is 0.0557. The van der Waals surface area contributed by atoms with Gasteiger partial charge in [-0.25, -0.2) is 0 Å². The summed E-state index contributed by atoms with van der Waals surface area (Å²) < 4.78 is 14.6. The topological polar surface area (TPSA) is 99.1 Å². The van der Waals surface area contributed by atoms with Crippen molar-refractivity contribution in [2.75, 3.05) is 17.6 Å². The SMILES string of the molecule is CC(C)Oc1c(N)nsc1NCCc1ncno1. The molecule has 2 aromatic rings. The van der Waals surface area contributed by atoms with Gasteiger partial charge in [0.1, 0.15) is 0 Å². The van der Waals surface area contributed by atoms with Crippen LogP contribution in [0.3, 0.4) is 0 Å². The first-order chi connectivity index (χ1) is 8.66. The first-order valence-corrected chi connectivity index (χ1v) is 6.35. The molecule has 0 bridgehead atoms. The Labute approximate surface area is 109 Å². The molecule has 0 fully saturated rings. The van der Waals surface area contributed by atoms with Crippen LogP contribution >= 0.6 is 11.5 Å². The molecule has 0 saturated carbocycles. The van der Waals surface area contributed by atoms with Gasteiger partial charge in [-0.1, -0.05) is 5.16 Å². The minimum absolute atomic E-state index is 0.0557. The Morgan fingerprint density at radius 1 is 1.56 bits per heavy atom. The second-order valence-electron chi connectivity index (χ2n) is 3.90. The van der Waals surface area contributed by atoms with E-state index in [4.69, 9.17) is 15.0 Å². The highest BCUT2D eigenvalue weighted by molar-refractivity contribution is 7.11. The lowest BCUT2D eigenvalue weighted by Gasteiger charge is -2.11. The Morgan fingerprint density at radius 3 is 3.06 bits per heavy atom. The highest BCUT2D eigenvalue weighted by Crippen LogP contribution is 2.35. The first-order valence-electron chi connectivity index (χ1n) is 5.58. The van der Waals surface area contributed by atoms with Gasteiger partial charge in [-0.2, -0.15) is 9.36 Å². The van der Waals surface area contributed by atoms with Crippen molar-refractivity contribution >= 4 is 22.4 Å². The molecule has 8 heteroatoms. The summed E-state index contributed by atoms with van der Waals surface area (Å²) in [5.74, 6) is 1.61. The van der Waals surface area contributed by atoms with Crippen LogP contribution in [0.4, 0.5) is 10.8 Å². The lowest BCUT2D eigenvalue weighted by Crippen LogP contribution is -2.10. The van der Waals surface area contributed by atoms with E-state index in [2.05, 4.69) is 19.8 Å². The standard InChI is InChI=1S/C10H15N5O2S/c1-6(2)16-8-9(11)15-18-10(8)12-4-3-7-13-5-14-17-7/h5-6,12H,3-4H2,1-2H3,(H2,11,15). The molecule has 0 aromatic carbocycles. The van der Waals surface area contributed by atoms with Gasteiger partial charge < -0.3 is 20.3 Å². The summed E-state index contributed by atoms with van der Waals surface area (Å²) in [5.41, 5.74) is 5.75. The molecule has 0 aliphatic carbocycles. The predicted molar refractivity (Wildman–Crippen MR) is 68.8 cm³/mol. The number of rotatable bonds is 6. The maximum atomic E-state index is 5.75. The Balaban J connectivity index is 1.92. The zero-order valence-corrected chi connectivity index (χ0v) is 11.0. The van der Waals surface area contributed by atoms with Crippen molar-refractivity contribution in [3.8, 4) is 5.75 Å². The first kappa shape index (κ1) is 12.6. The van der Waals surface area contributed by atoms with Crippen LogP contribution in [0, 0.1) is 0 Å². The Bertz CT molecular complexity index is 482. The monoisotopic (exact) mass is 269 g/mol. The molecule has 2 heterocycles. The fraction of sp³-hybridized carbons (Fsp3) is 0.500. The van der Waals surface area contributed by atoms with E-state index in [0.717, 1.165) is 5.00 Å². The normalized spacial score (nSPS) is 10.8. The summed E-state index contributed by atoms with van der Waals surface area (Å²) in [6.45, 7) is 4.54. The summed E-state index contributed by atoms with van der Waals surface area (Å²) in [7, 11) is 0. The Morgan fingerprint density at radius 2 is 2.39 bits per heavy atom. The van der Waals surface area contributed by atoms with Crippen LogP contribution in [0.5, 0.6) is 5.75 Å². The quantitative estimate of drug-likeness (QED) is 0.820. The molecule has 0 atom stereocenters. The maximum Gasteiger partial charge on any atom is 0.228 e. The molecule has 98 valence electrons. The molecule has 0 radical (unpaired) electrons. The molecule has 0 saturated heterocycles. The Kier molecular flexibility index (Phi) is 3.98. The number of nitrogens with two attached hydrogens (primary N) is 1. The van der Waals surface area contributed by atoms with Gasteiger partial charge in [-0.3, -0.25) is 0 Å². The number of nitrogens with one attached hydrogen (secondary N) is 1. The van der Waals surface area contributed by atoms with Crippen molar-refractivity contribution in [3.63, 3.8) is 0 Å². The highest BCUT2D eigenvalue weighted by Gasteiger charge is 2.14. The van der Waals surface area contributed by atoms with Crippen LogP contribution in [-0.4, -0.2) is 27.2 Å². The van der Waals surface area contributed by atoms with Gasteiger partial charge in [0.2, 0.25) is 5.89 Å². The van der Waals surface area contributed by atoms with Crippen LogP contribution < -0.4 is 15.8 Å². The van der Waals surface area contributed by atoms with Crippen molar-refractivity contribution in [3.05, 3.63) is 12.2 Å². The van der Waals surface area contributed by atoms with Crippen molar-refractivity contribution in [1.29, 1.82) is 0 Å². The van der Waals surface area contributed by atoms with E-state index in [0.29, 0.717) is 30.4 Å². The van der Waals surface area contributed by atoms with Gasteiger partial charge in [0.15, 0.2) is 22.9 Å². The number of ether oxygens (including phenoxy) is 1. The van der Waals surface area contributed by atoms with Gasteiger partial charge in [0.05, 0.1) is 6.10 Å². The number of nitrogens with zero attached hydrogens (tertiary/aromatic N) is 3. The molecule has 18 heavy (non-hydrogen) atoms. The van der Waals surface area contributed by atoms with Gasteiger partial charge in [0.25, 0.3) is 0 Å². The molecular formula is C10H15N5O2S. The number of nitrogen functional groups attached to an aromatic ring is 1. The molecule has 7 nitrogen and oxygen atoms in total. The molecule has 3 N–H and O–H groups in total. The summed E-state index contributed by atoms with van der Waals surface area (Å²) in [6, 6.07) is 0. The van der Waals surface area contributed by atoms with Crippen LogP contribution in [0.1, 0.15) is 19.7 Å². The van der Waals surface area contributed by atoms with Crippen molar-refractivity contribution < 1.29 is 9.26 Å². The molecule has 2 rings (SSSR count). The van der Waals surface area contributed by atoms with E-state index < -0.39 is 0 Å². The minimum Gasteiger partial charge on any atom is -0.484 e. The third-order valence-electron chi connectivity index (χ3n) is 2.06. The van der Waals surface area contributed by atoms with Crippen molar-refractivity contribution in [1.82, 2.24) is 14.5 Å². The van der Waals surface area contributed by atoms with Crippen molar-refractivity contribution in [2.45, 2.75) is 26.4 Å². The summed E-state index contributed by atoms with van der Waals surface area (Å²) >= 11 is 1.28. The smallest absolute Gasteiger partial charge is 0.228 e. The molecule has 0 aliphatic rings. The Hall–Kier alpha value is -1.83. The van der Waals surface area contributed by atoms with Crippen LogP contribution in [0.15, 0.2) is 10.9 Å². The van der Waals surface area contributed by atoms with Gasteiger partial charge >= 0.3 is 0 Å². The van der Waals surface area contributed by atoms with Gasteiger partial charge in [-0.05, 0) is 25.4 Å². The number of hydrogen-bond donors (Lipinski definition) is 2. The maximum absolute atomic E-state index is 5.75. The third kappa shape index (κ3) is 3.10. The lowest BCUT2D eigenvalue weighted by atomic mass is 10.4. The average molecular weight is 269 g/mol. The van der Waals surface area contributed by atoms with Gasteiger partial charge in [0, 0.05) is 13.0 Å². The van der Waals surface area contributed by atoms with Gasteiger partial charge in [-0.15, -0.1) is 0 Å². The number of anilines is 2. The van der Waals surface area contributed by atoms with E-state index in [-0.39, 0.29) is 6.10 Å². The molecule has 0 spiro atoms. The zero-order valence-electron chi connectivity index (χ0n) is 10.2. The van der Waals surface area contributed by atoms with Crippen LogP contribution in [0.25, 0.3) is 0 Å². The molecular weight excluding hydrogens is 254 g/mol. The highest BCUT2D eigenvalue weighted by atomic mass is 32.1. The molecule has 0 aliphatic heterocycles. The second-order valence-corrected chi connectivity index (χ2v) is 4.68. The van der Waals surface area contributed by atoms with E-state index in [9.17, 15) is 0 Å². The van der Waals surface area contributed by atoms with E-state index in [1.54, 1.807) is 0 Å².